The van der Waals surface area contributed by atoms with Crippen LogP contribution in [0.2, 0.25) is 0 Å². The van der Waals surface area contributed by atoms with Crippen LogP contribution in [0.15, 0.2) is 24.3 Å². The fourth-order valence-corrected chi connectivity index (χ4v) is 3.37. The second kappa shape index (κ2) is 8.40. The molecule has 1 unspecified atom stereocenters. The van der Waals surface area contributed by atoms with Crippen molar-refractivity contribution in [2.24, 2.45) is 0 Å². The van der Waals surface area contributed by atoms with E-state index in [-0.39, 0.29) is 5.54 Å². The topological polar surface area (TPSA) is 30.5 Å². The first-order chi connectivity index (χ1) is 10.3. The van der Waals surface area contributed by atoms with Crippen LogP contribution in [0.1, 0.15) is 51.0 Å². The first-order valence-electron chi connectivity index (χ1n) is 8.28. The van der Waals surface area contributed by atoms with E-state index in [4.69, 9.17) is 9.47 Å². The van der Waals surface area contributed by atoms with Gasteiger partial charge in [0.1, 0.15) is 12.4 Å². The number of nitrogens with one attached hydrogen (secondary N) is 1. The second-order valence-corrected chi connectivity index (χ2v) is 5.91. The van der Waals surface area contributed by atoms with Crippen LogP contribution in [0.4, 0.5) is 0 Å². The summed E-state index contributed by atoms with van der Waals surface area (Å²) in [6.45, 7) is 4.60. The smallest absolute Gasteiger partial charge is 0.124 e. The molecule has 1 heterocycles. The first-order valence-corrected chi connectivity index (χ1v) is 8.28. The number of benzene rings is 1. The number of para-hydroxylation sites is 1. The molecule has 1 aromatic carbocycles. The van der Waals surface area contributed by atoms with Crippen LogP contribution < -0.4 is 10.1 Å². The highest BCUT2D eigenvalue weighted by molar-refractivity contribution is 5.39. The van der Waals surface area contributed by atoms with Crippen LogP contribution in [0.3, 0.4) is 0 Å². The molecule has 1 aromatic rings. The Bertz CT molecular complexity index is 411. The van der Waals surface area contributed by atoms with E-state index in [0.29, 0.717) is 13.2 Å². The summed E-state index contributed by atoms with van der Waals surface area (Å²) in [5, 5.41) is 3.83. The van der Waals surface area contributed by atoms with E-state index >= 15 is 0 Å². The Morgan fingerprint density at radius 2 is 2.00 bits per heavy atom. The molecule has 3 nitrogen and oxygen atoms in total. The first kappa shape index (κ1) is 16.3. The van der Waals surface area contributed by atoms with Gasteiger partial charge in [-0.1, -0.05) is 44.4 Å². The molecular weight excluding hydrogens is 262 g/mol. The van der Waals surface area contributed by atoms with Gasteiger partial charge in [0.15, 0.2) is 0 Å². The fourth-order valence-electron chi connectivity index (χ4n) is 3.37. The summed E-state index contributed by atoms with van der Waals surface area (Å²) in [5.74, 6) is 1.01. The van der Waals surface area contributed by atoms with Gasteiger partial charge in [-0.2, -0.15) is 0 Å². The van der Waals surface area contributed by atoms with Crippen molar-refractivity contribution in [3.8, 4) is 5.75 Å². The zero-order chi connectivity index (χ0) is 15.0. The second-order valence-electron chi connectivity index (χ2n) is 5.91. The third-order valence-electron chi connectivity index (χ3n) is 4.37. The van der Waals surface area contributed by atoms with Gasteiger partial charge in [0.25, 0.3) is 0 Å². The number of ether oxygens (including phenoxy) is 2. The summed E-state index contributed by atoms with van der Waals surface area (Å²) in [6, 6.07) is 8.51. The molecule has 1 aliphatic heterocycles. The van der Waals surface area contributed by atoms with E-state index < -0.39 is 0 Å². The molecule has 0 spiro atoms. The highest BCUT2D eigenvalue weighted by Gasteiger charge is 2.34. The van der Waals surface area contributed by atoms with E-state index in [2.05, 4.69) is 36.5 Å². The number of rotatable bonds is 7. The van der Waals surface area contributed by atoms with Crippen molar-refractivity contribution in [2.45, 2.75) is 51.0 Å². The monoisotopic (exact) mass is 291 g/mol. The van der Waals surface area contributed by atoms with Crippen LogP contribution >= 0.6 is 0 Å². The van der Waals surface area contributed by atoms with Gasteiger partial charge in [0.05, 0.1) is 6.61 Å². The molecule has 0 bridgehead atoms. The maximum absolute atomic E-state index is 5.98. The third kappa shape index (κ3) is 4.21. The largest absolute Gasteiger partial charge is 0.491 e. The van der Waals surface area contributed by atoms with Crippen molar-refractivity contribution in [3.63, 3.8) is 0 Å². The summed E-state index contributed by atoms with van der Waals surface area (Å²) in [4.78, 5) is 0. The maximum atomic E-state index is 5.98. The summed E-state index contributed by atoms with van der Waals surface area (Å²) < 4.78 is 11.1. The lowest BCUT2D eigenvalue weighted by molar-refractivity contribution is 0.143. The lowest BCUT2D eigenvalue weighted by Crippen LogP contribution is -2.42. The third-order valence-corrected chi connectivity index (χ3v) is 4.37. The van der Waals surface area contributed by atoms with Crippen molar-refractivity contribution in [2.75, 3.05) is 26.9 Å². The number of hydrogen-bond acceptors (Lipinski definition) is 3. The average molecular weight is 291 g/mol. The molecule has 0 aromatic heterocycles. The Kier molecular flexibility index (Phi) is 6.52. The molecule has 0 radical (unpaired) electrons. The molecule has 2 rings (SSSR count). The van der Waals surface area contributed by atoms with Crippen LogP contribution in [0, 0.1) is 0 Å². The predicted octanol–water partition coefficient (Wildman–Crippen LogP) is 3.87. The lowest BCUT2D eigenvalue weighted by atomic mass is 9.81. The van der Waals surface area contributed by atoms with E-state index in [1.165, 1.54) is 37.7 Å². The van der Waals surface area contributed by atoms with Crippen LogP contribution in [0.25, 0.3) is 0 Å². The molecule has 0 aliphatic carbocycles. The van der Waals surface area contributed by atoms with Crippen LogP contribution in [0.5, 0.6) is 5.75 Å². The van der Waals surface area contributed by atoms with Gasteiger partial charge < -0.3 is 14.8 Å². The number of hydrogen-bond donors (Lipinski definition) is 1. The quantitative estimate of drug-likeness (QED) is 0.774. The average Bonchev–Trinajstić information content (AvgIpc) is 2.75. The highest BCUT2D eigenvalue weighted by atomic mass is 16.5. The summed E-state index contributed by atoms with van der Waals surface area (Å²) in [5.41, 5.74) is 1.40. The van der Waals surface area contributed by atoms with Gasteiger partial charge in [0.2, 0.25) is 0 Å². The van der Waals surface area contributed by atoms with Crippen molar-refractivity contribution >= 4 is 0 Å². The Balaban J connectivity index is 2.26. The molecule has 0 amide bonds. The molecule has 0 saturated carbocycles. The molecule has 1 N–H and O–H groups in total. The zero-order valence-electron chi connectivity index (χ0n) is 13.5. The zero-order valence-corrected chi connectivity index (χ0v) is 13.5. The Labute approximate surface area is 129 Å². The van der Waals surface area contributed by atoms with Crippen molar-refractivity contribution in [1.82, 2.24) is 5.32 Å². The van der Waals surface area contributed by atoms with Gasteiger partial charge in [-0.05, 0) is 31.9 Å². The molecule has 3 heteroatoms. The molecule has 1 fully saturated rings. The lowest BCUT2D eigenvalue weighted by Gasteiger charge is -2.35. The molecule has 118 valence electrons. The van der Waals surface area contributed by atoms with Crippen LogP contribution in [-0.2, 0) is 10.3 Å². The van der Waals surface area contributed by atoms with Gasteiger partial charge >= 0.3 is 0 Å². The van der Waals surface area contributed by atoms with Gasteiger partial charge in [-0.15, -0.1) is 0 Å². The van der Waals surface area contributed by atoms with Crippen LogP contribution in [-0.4, -0.2) is 26.9 Å². The fraction of sp³-hybridized carbons (Fsp3) is 0.667. The summed E-state index contributed by atoms with van der Waals surface area (Å²) in [7, 11) is 1.71. The minimum atomic E-state index is 0.0783. The van der Waals surface area contributed by atoms with Crippen molar-refractivity contribution < 1.29 is 9.47 Å². The van der Waals surface area contributed by atoms with E-state index in [9.17, 15) is 0 Å². The van der Waals surface area contributed by atoms with Crippen molar-refractivity contribution in [3.05, 3.63) is 29.8 Å². The Morgan fingerprint density at radius 1 is 1.14 bits per heavy atom. The van der Waals surface area contributed by atoms with Gasteiger partial charge in [-0.3, -0.25) is 0 Å². The van der Waals surface area contributed by atoms with E-state index in [0.717, 1.165) is 18.7 Å². The molecule has 1 saturated heterocycles. The van der Waals surface area contributed by atoms with Gasteiger partial charge in [0, 0.05) is 18.2 Å². The predicted molar refractivity (Wildman–Crippen MR) is 86.9 cm³/mol. The normalized spacial score (nSPS) is 22.8. The minimum Gasteiger partial charge on any atom is -0.491 e. The van der Waals surface area contributed by atoms with E-state index in [1.807, 2.05) is 0 Å². The number of methoxy groups -OCH3 is 1. The minimum absolute atomic E-state index is 0.0783. The Hall–Kier alpha value is -1.06. The molecule has 1 aliphatic rings. The standard InChI is InChI=1S/C18H29NO2/c1-3-11-18(12-7-4-8-13-19-18)16-9-5-6-10-17(16)21-15-14-20-2/h5-6,9-10,19H,3-4,7-8,11-15H2,1-2H3. The molecular formula is C18H29NO2. The maximum Gasteiger partial charge on any atom is 0.124 e. The van der Waals surface area contributed by atoms with Crippen molar-refractivity contribution in [1.29, 1.82) is 0 Å². The van der Waals surface area contributed by atoms with Gasteiger partial charge in [-0.25, -0.2) is 0 Å². The molecule has 1 atom stereocenters. The summed E-state index contributed by atoms with van der Waals surface area (Å²) >= 11 is 0. The highest BCUT2D eigenvalue weighted by Crippen LogP contribution is 2.39. The van der Waals surface area contributed by atoms with E-state index in [1.54, 1.807) is 7.11 Å². The SMILES string of the molecule is CCCC1(c2ccccc2OCCOC)CCCCCN1. The summed E-state index contributed by atoms with van der Waals surface area (Å²) in [6.07, 6.45) is 7.44. The Morgan fingerprint density at radius 3 is 2.81 bits per heavy atom. The molecule has 21 heavy (non-hydrogen) atoms.